The van der Waals surface area contributed by atoms with E-state index in [9.17, 15) is 19.8 Å². The van der Waals surface area contributed by atoms with Gasteiger partial charge in [0.25, 0.3) is 0 Å². The molecular weight excluding hydrogens is 308 g/mol. The molecule has 0 spiro atoms. The Morgan fingerprint density at radius 1 is 1.25 bits per heavy atom. The zero-order valence-corrected chi connectivity index (χ0v) is 14.9. The number of aliphatic hydroxyl groups excluding tert-OH is 2. The molecule has 0 radical (unpaired) electrons. The first-order valence-corrected chi connectivity index (χ1v) is 8.81. The second-order valence-electron chi connectivity index (χ2n) is 7.16. The summed E-state index contributed by atoms with van der Waals surface area (Å²) in [6.07, 6.45) is 5.59. The van der Waals surface area contributed by atoms with Crippen LogP contribution in [0.3, 0.4) is 0 Å². The summed E-state index contributed by atoms with van der Waals surface area (Å²) in [7, 11) is 0. The fraction of sp³-hybridized carbons (Fsp3) is 0.778. The van der Waals surface area contributed by atoms with Gasteiger partial charge in [0.15, 0.2) is 0 Å². The first kappa shape index (κ1) is 20.6. The van der Waals surface area contributed by atoms with Crippen molar-refractivity contribution in [1.82, 2.24) is 10.6 Å². The Kier molecular flexibility index (Phi) is 8.42. The third-order valence-corrected chi connectivity index (χ3v) is 4.85. The Morgan fingerprint density at radius 2 is 1.88 bits per heavy atom. The largest absolute Gasteiger partial charge is 0.394 e. The second kappa shape index (κ2) is 9.79. The molecule has 0 bridgehead atoms. The Morgan fingerprint density at radius 3 is 2.33 bits per heavy atom. The highest BCUT2D eigenvalue weighted by atomic mass is 16.3. The fourth-order valence-corrected chi connectivity index (χ4v) is 3.15. The molecule has 6 heteroatoms. The van der Waals surface area contributed by atoms with Crippen molar-refractivity contribution in [2.75, 3.05) is 13.2 Å². The first-order chi connectivity index (χ1) is 11.4. The van der Waals surface area contributed by atoms with Crippen LogP contribution in [0.5, 0.6) is 0 Å². The van der Waals surface area contributed by atoms with Crippen molar-refractivity contribution in [3.8, 4) is 0 Å². The topological polar surface area (TPSA) is 98.7 Å². The average molecular weight is 340 g/mol. The molecule has 0 aliphatic heterocycles. The molecule has 4 N–H and O–H groups in total. The molecule has 0 aromatic carbocycles. The van der Waals surface area contributed by atoms with Crippen molar-refractivity contribution in [2.24, 2.45) is 11.8 Å². The van der Waals surface area contributed by atoms with E-state index < -0.39 is 11.5 Å². The van der Waals surface area contributed by atoms with Gasteiger partial charge in [0.1, 0.15) is 0 Å². The van der Waals surface area contributed by atoms with Gasteiger partial charge < -0.3 is 20.8 Å². The van der Waals surface area contributed by atoms with Gasteiger partial charge in [-0.2, -0.15) is 0 Å². The van der Waals surface area contributed by atoms with Gasteiger partial charge in [-0.05, 0) is 25.2 Å². The zero-order chi connectivity index (χ0) is 18.2. The van der Waals surface area contributed by atoms with Crippen molar-refractivity contribution >= 4 is 11.8 Å². The average Bonchev–Trinajstić information content (AvgIpc) is 3.00. The van der Waals surface area contributed by atoms with Crippen molar-refractivity contribution in [2.45, 2.75) is 64.0 Å². The standard InChI is InChI=1S/C18H32N2O4/c1-4-7-14(17(24)19-15(11-21)13(2)3)10-16(23)20-18(12-22)8-5-6-9-18/h4,13-15,21-22H,1,5-12H2,2-3H3,(H,19,24)(H,20,23)/t14-,15+/m0/s1. The van der Waals surface area contributed by atoms with Crippen LogP contribution in [0.1, 0.15) is 52.4 Å². The Hall–Kier alpha value is -1.40. The molecule has 0 heterocycles. The van der Waals surface area contributed by atoms with Gasteiger partial charge in [-0.1, -0.05) is 32.8 Å². The van der Waals surface area contributed by atoms with E-state index in [-0.39, 0.29) is 43.4 Å². The number of carbonyl (C=O) groups is 2. The highest BCUT2D eigenvalue weighted by molar-refractivity contribution is 5.86. The summed E-state index contributed by atoms with van der Waals surface area (Å²) in [6, 6.07) is -0.327. The first-order valence-electron chi connectivity index (χ1n) is 8.81. The van der Waals surface area contributed by atoms with Gasteiger partial charge in [0, 0.05) is 6.42 Å². The van der Waals surface area contributed by atoms with Crippen molar-refractivity contribution in [3.63, 3.8) is 0 Å². The van der Waals surface area contributed by atoms with Crippen LogP contribution in [0.4, 0.5) is 0 Å². The van der Waals surface area contributed by atoms with E-state index in [2.05, 4.69) is 17.2 Å². The molecule has 0 aromatic rings. The van der Waals surface area contributed by atoms with Gasteiger partial charge in [0.05, 0.1) is 30.7 Å². The van der Waals surface area contributed by atoms with E-state index in [1.165, 1.54) is 0 Å². The fourth-order valence-electron chi connectivity index (χ4n) is 3.15. The van der Waals surface area contributed by atoms with Crippen LogP contribution in [-0.4, -0.2) is 46.8 Å². The third kappa shape index (κ3) is 5.91. The highest BCUT2D eigenvalue weighted by Gasteiger charge is 2.35. The van der Waals surface area contributed by atoms with Crippen molar-refractivity contribution < 1.29 is 19.8 Å². The molecule has 2 amide bonds. The minimum absolute atomic E-state index is 0.0514. The van der Waals surface area contributed by atoms with Gasteiger partial charge in [0.2, 0.25) is 11.8 Å². The monoisotopic (exact) mass is 340 g/mol. The van der Waals surface area contributed by atoms with Gasteiger partial charge in [-0.3, -0.25) is 9.59 Å². The van der Waals surface area contributed by atoms with E-state index in [4.69, 9.17) is 0 Å². The Labute approximate surface area is 144 Å². The van der Waals surface area contributed by atoms with Crippen LogP contribution >= 0.6 is 0 Å². The lowest BCUT2D eigenvalue weighted by molar-refractivity contribution is -0.132. The summed E-state index contributed by atoms with van der Waals surface area (Å²) in [6.45, 7) is 7.29. The lowest BCUT2D eigenvalue weighted by Gasteiger charge is -2.29. The Balaban J connectivity index is 2.65. The summed E-state index contributed by atoms with van der Waals surface area (Å²) in [5.74, 6) is -0.888. The van der Waals surface area contributed by atoms with Crippen molar-refractivity contribution in [1.29, 1.82) is 0 Å². The number of allylic oxidation sites excluding steroid dienone is 1. The minimum Gasteiger partial charge on any atom is -0.394 e. The van der Waals surface area contributed by atoms with Crippen LogP contribution in [0, 0.1) is 11.8 Å². The quantitative estimate of drug-likeness (QED) is 0.448. The zero-order valence-electron chi connectivity index (χ0n) is 14.9. The highest BCUT2D eigenvalue weighted by Crippen LogP contribution is 2.29. The molecule has 1 saturated carbocycles. The summed E-state index contributed by atoms with van der Waals surface area (Å²) < 4.78 is 0. The molecule has 0 aromatic heterocycles. The Bertz CT molecular complexity index is 431. The van der Waals surface area contributed by atoms with E-state index in [0.717, 1.165) is 25.7 Å². The van der Waals surface area contributed by atoms with E-state index in [0.29, 0.717) is 6.42 Å². The van der Waals surface area contributed by atoms with Crippen LogP contribution in [0.15, 0.2) is 12.7 Å². The van der Waals surface area contributed by atoms with Crippen molar-refractivity contribution in [3.05, 3.63) is 12.7 Å². The molecule has 0 unspecified atom stereocenters. The smallest absolute Gasteiger partial charge is 0.224 e. The number of carbonyl (C=O) groups excluding carboxylic acids is 2. The molecule has 6 nitrogen and oxygen atoms in total. The van der Waals surface area contributed by atoms with Crippen LogP contribution in [0.25, 0.3) is 0 Å². The molecule has 1 fully saturated rings. The number of aliphatic hydroxyl groups is 2. The predicted octanol–water partition coefficient (Wildman–Crippen LogP) is 1.12. The molecule has 24 heavy (non-hydrogen) atoms. The number of hydrogen-bond donors (Lipinski definition) is 4. The summed E-state index contributed by atoms with van der Waals surface area (Å²) in [5.41, 5.74) is -0.530. The van der Waals surface area contributed by atoms with Crippen LogP contribution in [-0.2, 0) is 9.59 Å². The summed E-state index contributed by atoms with van der Waals surface area (Å²) >= 11 is 0. The maximum absolute atomic E-state index is 12.4. The molecule has 1 rings (SSSR count). The van der Waals surface area contributed by atoms with Gasteiger partial charge >= 0.3 is 0 Å². The molecule has 1 aliphatic carbocycles. The van der Waals surface area contributed by atoms with E-state index >= 15 is 0 Å². The van der Waals surface area contributed by atoms with Crippen LogP contribution < -0.4 is 10.6 Å². The van der Waals surface area contributed by atoms with Gasteiger partial charge in [-0.15, -0.1) is 6.58 Å². The maximum atomic E-state index is 12.4. The lowest BCUT2D eigenvalue weighted by atomic mass is 9.95. The van der Waals surface area contributed by atoms with Crippen LogP contribution in [0.2, 0.25) is 0 Å². The number of nitrogens with one attached hydrogen (secondary N) is 2. The number of rotatable bonds is 10. The normalized spacial score (nSPS) is 18.9. The molecule has 0 saturated heterocycles. The van der Waals surface area contributed by atoms with E-state index in [1.807, 2.05) is 13.8 Å². The summed E-state index contributed by atoms with van der Waals surface area (Å²) in [5, 5.41) is 24.7. The maximum Gasteiger partial charge on any atom is 0.224 e. The second-order valence-corrected chi connectivity index (χ2v) is 7.16. The molecule has 2 atom stereocenters. The third-order valence-electron chi connectivity index (χ3n) is 4.85. The van der Waals surface area contributed by atoms with Gasteiger partial charge in [-0.25, -0.2) is 0 Å². The SMILES string of the molecule is C=CC[C@@H](CC(=O)NC1(CO)CCCC1)C(=O)N[C@H](CO)C(C)C. The molecule has 1 aliphatic rings. The minimum atomic E-state index is -0.530. The number of amides is 2. The lowest BCUT2D eigenvalue weighted by Crippen LogP contribution is -2.50. The molecule has 138 valence electrons. The molecular formula is C18H32N2O4. The summed E-state index contributed by atoms with van der Waals surface area (Å²) in [4.78, 5) is 24.8. The van der Waals surface area contributed by atoms with E-state index in [1.54, 1.807) is 6.08 Å². The predicted molar refractivity (Wildman–Crippen MR) is 93.2 cm³/mol. The number of hydrogen-bond acceptors (Lipinski definition) is 4.